The van der Waals surface area contributed by atoms with E-state index in [0.29, 0.717) is 5.82 Å². The normalized spacial score (nSPS) is 10.3. The fourth-order valence-electron chi connectivity index (χ4n) is 1.66. The fraction of sp³-hybridized carbons (Fsp3) is 0.154. The molecule has 0 saturated heterocycles. The van der Waals surface area contributed by atoms with E-state index in [0.717, 1.165) is 17.5 Å². The van der Waals surface area contributed by atoms with E-state index >= 15 is 0 Å². The third kappa shape index (κ3) is 2.14. The predicted octanol–water partition coefficient (Wildman–Crippen LogP) is 2.19. The lowest BCUT2D eigenvalue weighted by molar-refractivity contribution is 1.14. The predicted molar refractivity (Wildman–Crippen MR) is 66.3 cm³/mol. The molecule has 3 heteroatoms. The second-order valence-electron chi connectivity index (χ2n) is 3.74. The van der Waals surface area contributed by atoms with Crippen LogP contribution in [-0.4, -0.2) is 4.98 Å². The highest BCUT2D eigenvalue weighted by Gasteiger charge is 2.00. The lowest BCUT2D eigenvalue weighted by atomic mass is 10.0. The minimum Gasteiger partial charge on any atom is -0.385 e. The molecule has 3 N–H and O–H groups in total. The molecule has 1 aromatic carbocycles. The van der Waals surface area contributed by atoms with Gasteiger partial charge in [-0.05, 0) is 29.2 Å². The molecule has 2 aromatic rings. The summed E-state index contributed by atoms with van der Waals surface area (Å²) in [7, 11) is 0. The monoisotopic (exact) mass is 214 g/mol. The van der Waals surface area contributed by atoms with Gasteiger partial charge in [-0.15, -0.1) is 0 Å². The van der Waals surface area contributed by atoms with Crippen molar-refractivity contribution in [3.63, 3.8) is 0 Å². The lowest BCUT2D eigenvalue weighted by Gasteiger charge is -2.03. The maximum Gasteiger partial charge on any atom is 0.250 e. The second-order valence-corrected chi connectivity index (χ2v) is 3.74. The molecule has 1 heterocycles. The van der Waals surface area contributed by atoms with Gasteiger partial charge in [-0.3, -0.25) is 4.79 Å². The number of H-pyrrole nitrogens is 1. The molecule has 1 aromatic heterocycles. The lowest BCUT2D eigenvalue weighted by Crippen LogP contribution is -2.07. The number of aryl methyl sites for hydroxylation is 1. The summed E-state index contributed by atoms with van der Waals surface area (Å²) >= 11 is 0. The Hall–Kier alpha value is -2.03. The van der Waals surface area contributed by atoms with Crippen molar-refractivity contribution in [3.05, 3.63) is 52.3 Å². The highest BCUT2D eigenvalue weighted by molar-refractivity contribution is 5.65. The van der Waals surface area contributed by atoms with Gasteiger partial charge in [-0.2, -0.15) is 0 Å². The van der Waals surface area contributed by atoms with Crippen LogP contribution in [-0.2, 0) is 6.42 Å². The number of anilines is 1. The van der Waals surface area contributed by atoms with Gasteiger partial charge >= 0.3 is 0 Å². The molecular formula is C13H14N2O. The van der Waals surface area contributed by atoms with Gasteiger partial charge in [0.2, 0.25) is 5.56 Å². The highest BCUT2D eigenvalue weighted by atomic mass is 16.1. The molecule has 0 saturated carbocycles. The zero-order chi connectivity index (χ0) is 11.5. The maximum absolute atomic E-state index is 11.3. The first-order chi connectivity index (χ1) is 7.69. The Kier molecular flexibility index (Phi) is 2.77. The summed E-state index contributed by atoms with van der Waals surface area (Å²) in [4.78, 5) is 13.8. The van der Waals surface area contributed by atoms with Gasteiger partial charge in [0, 0.05) is 6.07 Å². The van der Waals surface area contributed by atoms with Crippen LogP contribution in [0.3, 0.4) is 0 Å². The molecule has 0 aliphatic carbocycles. The molecule has 3 nitrogen and oxygen atoms in total. The van der Waals surface area contributed by atoms with Gasteiger partial charge in [0.1, 0.15) is 5.82 Å². The minimum absolute atomic E-state index is 0.172. The molecule has 16 heavy (non-hydrogen) atoms. The Labute approximate surface area is 93.9 Å². The summed E-state index contributed by atoms with van der Waals surface area (Å²) in [6.45, 7) is 2.11. The first kappa shape index (κ1) is 10.5. The number of pyridine rings is 1. The van der Waals surface area contributed by atoms with Crippen molar-refractivity contribution in [2.75, 3.05) is 5.73 Å². The van der Waals surface area contributed by atoms with Crippen LogP contribution in [0, 0.1) is 0 Å². The van der Waals surface area contributed by atoms with Crippen LogP contribution >= 0.6 is 0 Å². The van der Waals surface area contributed by atoms with Gasteiger partial charge < -0.3 is 10.7 Å². The zero-order valence-corrected chi connectivity index (χ0v) is 9.16. The molecule has 0 bridgehead atoms. The number of rotatable bonds is 2. The van der Waals surface area contributed by atoms with Crippen LogP contribution in [0.15, 0.2) is 41.2 Å². The largest absolute Gasteiger partial charge is 0.385 e. The number of aromatic amines is 1. The second kappa shape index (κ2) is 4.23. The molecule has 0 atom stereocenters. The number of nitrogens with one attached hydrogen (secondary N) is 1. The molecule has 0 unspecified atom stereocenters. The Morgan fingerprint density at radius 3 is 2.38 bits per heavy atom. The average Bonchev–Trinajstić information content (AvgIpc) is 2.28. The topological polar surface area (TPSA) is 58.9 Å². The van der Waals surface area contributed by atoms with Gasteiger partial charge in [0.15, 0.2) is 0 Å². The van der Waals surface area contributed by atoms with Crippen molar-refractivity contribution in [1.82, 2.24) is 4.98 Å². The van der Waals surface area contributed by atoms with Crippen LogP contribution in [0.2, 0.25) is 0 Å². The maximum atomic E-state index is 11.3. The quantitative estimate of drug-likeness (QED) is 0.805. The third-order valence-corrected chi connectivity index (χ3v) is 2.56. The SMILES string of the molecule is CCc1ccc(-c2cc(N)[nH]c(=O)c2)cc1. The van der Waals surface area contributed by atoms with E-state index in [4.69, 9.17) is 5.73 Å². The smallest absolute Gasteiger partial charge is 0.250 e. The number of nitrogen functional groups attached to an aromatic ring is 1. The van der Waals surface area contributed by atoms with E-state index in [1.165, 1.54) is 5.56 Å². The van der Waals surface area contributed by atoms with E-state index in [1.54, 1.807) is 12.1 Å². The summed E-state index contributed by atoms with van der Waals surface area (Å²) in [5.41, 5.74) is 8.56. The zero-order valence-electron chi connectivity index (χ0n) is 9.16. The summed E-state index contributed by atoms with van der Waals surface area (Å²) < 4.78 is 0. The van der Waals surface area contributed by atoms with Crippen LogP contribution in [0.5, 0.6) is 0 Å². The molecule has 0 aliphatic heterocycles. The van der Waals surface area contributed by atoms with Crippen molar-refractivity contribution in [2.45, 2.75) is 13.3 Å². The Balaban J connectivity index is 2.46. The number of hydrogen-bond acceptors (Lipinski definition) is 2. The van der Waals surface area contributed by atoms with E-state index in [1.807, 2.05) is 12.1 Å². The van der Waals surface area contributed by atoms with Gasteiger partial charge in [0.05, 0.1) is 0 Å². The first-order valence-corrected chi connectivity index (χ1v) is 5.28. The molecule has 2 rings (SSSR count). The van der Waals surface area contributed by atoms with Crippen molar-refractivity contribution in [1.29, 1.82) is 0 Å². The number of aromatic nitrogens is 1. The Morgan fingerprint density at radius 2 is 1.81 bits per heavy atom. The van der Waals surface area contributed by atoms with Gasteiger partial charge in [-0.1, -0.05) is 31.2 Å². The molecule has 0 spiro atoms. The Bertz CT molecular complexity index is 541. The molecule has 0 fully saturated rings. The molecule has 0 aliphatic rings. The van der Waals surface area contributed by atoms with Crippen LogP contribution < -0.4 is 11.3 Å². The summed E-state index contributed by atoms with van der Waals surface area (Å²) in [5.74, 6) is 0.391. The van der Waals surface area contributed by atoms with Crippen LogP contribution in [0.1, 0.15) is 12.5 Å². The molecule has 0 amide bonds. The molecule has 82 valence electrons. The first-order valence-electron chi connectivity index (χ1n) is 5.28. The summed E-state index contributed by atoms with van der Waals surface area (Å²) in [5, 5.41) is 0. The van der Waals surface area contributed by atoms with Gasteiger partial charge in [0.25, 0.3) is 0 Å². The Morgan fingerprint density at radius 1 is 1.12 bits per heavy atom. The van der Waals surface area contributed by atoms with E-state index < -0.39 is 0 Å². The van der Waals surface area contributed by atoms with Crippen molar-refractivity contribution in [3.8, 4) is 11.1 Å². The van der Waals surface area contributed by atoms with E-state index in [9.17, 15) is 4.79 Å². The standard InChI is InChI=1S/C13H14N2O/c1-2-9-3-5-10(6-4-9)11-7-12(14)15-13(16)8-11/h3-8H,2H2,1H3,(H3,14,15,16). The molecular weight excluding hydrogens is 200 g/mol. The van der Waals surface area contributed by atoms with Crippen molar-refractivity contribution < 1.29 is 0 Å². The van der Waals surface area contributed by atoms with E-state index in [2.05, 4.69) is 24.0 Å². The van der Waals surface area contributed by atoms with E-state index in [-0.39, 0.29) is 5.56 Å². The van der Waals surface area contributed by atoms with Gasteiger partial charge in [-0.25, -0.2) is 0 Å². The van der Waals surface area contributed by atoms with Crippen molar-refractivity contribution >= 4 is 5.82 Å². The third-order valence-electron chi connectivity index (χ3n) is 2.56. The number of hydrogen-bond donors (Lipinski definition) is 2. The van der Waals surface area contributed by atoms with Crippen LogP contribution in [0.4, 0.5) is 5.82 Å². The highest BCUT2D eigenvalue weighted by Crippen LogP contribution is 2.19. The average molecular weight is 214 g/mol. The summed E-state index contributed by atoms with van der Waals surface area (Å²) in [6, 6.07) is 11.5. The summed E-state index contributed by atoms with van der Waals surface area (Å²) in [6.07, 6.45) is 1.01. The van der Waals surface area contributed by atoms with Crippen molar-refractivity contribution in [2.24, 2.45) is 0 Å². The van der Waals surface area contributed by atoms with Crippen LogP contribution in [0.25, 0.3) is 11.1 Å². The minimum atomic E-state index is -0.172. The number of benzene rings is 1. The number of nitrogens with two attached hydrogens (primary N) is 1. The molecule has 0 radical (unpaired) electrons. The fourth-order valence-corrected chi connectivity index (χ4v) is 1.66.